The highest BCUT2D eigenvalue weighted by Crippen LogP contribution is 2.13. The maximum Gasteiger partial charge on any atom is 0.229 e. The third-order valence-corrected chi connectivity index (χ3v) is 2.16. The lowest BCUT2D eigenvalue weighted by Gasteiger charge is -1.95. The normalized spacial score (nSPS) is 10.2. The molecule has 0 saturated carbocycles. The van der Waals surface area contributed by atoms with Crippen molar-refractivity contribution in [2.45, 2.75) is 13.3 Å². The third kappa shape index (κ3) is 1.96. The van der Waals surface area contributed by atoms with Gasteiger partial charge in [0.25, 0.3) is 0 Å². The van der Waals surface area contributed by atoms with Gasteiger partial charge in [0.1, 0.15) is 5.76 Å². The largest absolute Gasteiger partial charge is 0.458 e. The Morgan fingerprint density at radius 1 is 1.40 bits per heavy atom. The third-order valence-electron chi connectivity index (χ3n) is 2.16. The second kappa shape index (κ2) is 4.09. The Morgan fingerprint density at radius 2 is 2.27 bits per heavy atom. The van der Waals surface area contributed by atoms with Gasteiger partial charge >= 0.3 is 0 Å². The lowest BCUT2D eigenvalue weighted by Crippen LogP contribution is -1.99. The highest BCUT2D eigenvalue weighted by atomic mass is 16.3. The Bertz CT molecular complexity index is 459. The van der Waals surface area contributed by atoms with Crippen LogP contribution in [-0.2, 0) is 6.42 Å². The van der Waals surface area contributed by atoms with Crippen molar-refractivity contribution in [3.05, 3.63) is 53.7 Å². The van der Waals surface area contributed by atoms with Crippen molar-refractivity contribution in [1.29, 1.82) is 0 Å². The summed E-state index contributed by atoms with van der Waals surface area (Å²) >= 11 is 0. The van der Waals surface area contributed by atoms with Crippen LogP contribution < -0.4 is 0 Å². The highest BCUT2D eigenvalue weighted by Gasteiger charge is 2.12. The first-order valence-corrected chi connectivity index (χ1v) is 4.84. The molecule has 0 aliphatic carbocycles. The van der Waals surface area contributed by atoms with E-state index in [0.29, 0.717) is 11.3 Å². The highest BCUT2D eigenvalue weighted by molar-refractivity contribution is 6.06. The summed E-state index contributed by atoms with van der Waals surface area (Å²) in [5.74, 6) is 1.07. The van der Waals surface area contributed by atoms with E-state index in [9.17, 15) is 4.79 Å². The van der Waals surface area contributed by atoms with Crippen LogP contribution in [0.5, 0.6) is 0 Å². The van der Waals surface area contributed by atoms with Gasteiger partial charge in [0.15, 0.2) is 5.76 Å². The second-order valence-electron chi connectivity index (χ2n) is 3.19. The van der Waals surface area contributed by atoms with E-state index in [2.05, 4.69) is 4.98 Å². The fraction of sp³-hybridized carbons (Fsp3) is 0.167. The fourth-order valence-corrected chi connectivity index (χ4v) is 1.33. The van der Waals surface area contributed by atoms with Gasteiger partial charge in [-0.1, -0.05) is 6.92 Å². The van der Waals surface area contributed by atoms with Crippen molar-refractivity contribution < 1.29 is 9.21 Å². The van der Waals surface area contributed by atoms with Gasteiger partial charge in [0.05, 0.1) is 0 Å². The first kappa shape index (κ1) is 9.65. The number of rotatable bonds is 3. The predicted molar refractivity (Wildman–Crippen MR) is 55.8 cm³/mol. The summed E-state index contributed by atoms with van der Waals surface area (Å²) in [6.07, 6.45) is 3.97. The molecule has 0 aromatic carbocycles. The number of nitrogens with zero attached hydrogens (tertiary/aromatic N) is 1. The summed E-state index contributed by atoms with van der Waals surface area (Å²) in [7, 11) is 0. The number of carbonyl (C=O) groups excluding carboxylic acids is 1. The van der Waals surface area contributed by atoms with Crippen molar-refractivity contribution in [3.63, 3.8) is 0 Å². The molecule has 2 aromatic rings. The van der Waals surface area contributed by atoms with Gasteiger partial charge in [-0.05, 0) is 24.3 Å². The Morgan fingerprint density at radius 3 is 2.87 bits per heavy atom. The summed E-state index contributed by atoms with van der Waals surface area (Å²) in [5.41, 5.74) is 0.550. The number of aromatic nitrogens is 1. The standard InChI is InChI=1S/C12H11NO2/c1-2-10-5-6-11(15-10)12(14)9-4-3-7-13-8-9/h3-8H,2H2,1H3. The Hall–Kier alpha value is -1.90. The first-order chi connectivity index (χ1) is 7.31. The zero-order valence-corrected chi connectivity index (χ0v) is 8.43. The molecule has 2 heterocycles. The molecule has 0 saturated heterocycles. The Kier molecular flexibility index (Phi) is 2.63. The van der Waals surface area contributed by atoms with Gasteiger partial charge < -0.3 is 4.42 Å². The van der Waals surface area contributed by atoms with Crippen LogP contribution in [0.3, 0.4) is 0 Å². The quantitative estimate of drug-likeness (QED) is 0.716. The molecule has 3 heteroatoms. The molecular weight excluding hydrogens is 190 g/mol. The van der Waals surface area contributed by atoms with Crippen molar-refractivity contribution >= 4 is 5.78 Å². The lowest BCUT2D eigenvalue weighted by atomic mass is 10.1. The summed E-state index contributed by atoms with van der Waals surface area (Å²) in [4.78, 5) is 15.7. The summed E-state index contributed by atoms with van der Waals surface area (Å²) < 4.78 is 5.37. The van der Waals surface area contributed by atoms with Gasteiger partial charge in [-0.15, -0.1) is 0 Å². The Balaban J connectivity index is 2.29. The topological polar surface area (TPSA) is 43.1 Å². The van der Waals surface area contributed by atoms with E-state index in [4.69, 9.17) is 4.42 Å². The van der Waals surface area contributed by atoms with Crippen LogP contribution >= 0.6 is 0 Å². The van der Waals surface area contributed by atoms with Crippen LogP contribution in [0.1, 0.15) is 28.8 Å². The van der Waals surface area contributed by atoms with Crippen LogP contribution in [0.15, 0.2) is 41.1 Å². The molecule has 0 radical (unpaired) electrons. The van der Waals surface area contributed by atoms with E-state index in [0.717, 1.165) is 12.2 Å². The molecule has 0 amide bonds. The Labute approximate surface area is 87.8 Å². The van der Waals surface area contributed by atoms with Gasteiger partial charge in [-0.3, -0.25) is 9.78 Å². The average molecular weight is 201 g/mol. The van der Waals surface area contributed by atoms with E-state index < -0.39 is 0 Å². The number of carbonyl (C=O) groups is 1. The van der Waals surface area contributed by atoms with E-state index in [-0.39, 0.29) is 5.78 Å². The second-order valence-corrected chi connectivity index (χ2v) is 3.19. The van der Waals surface area contributed by atoms with Gasteiger partial charge in [0, 0.05) is 24.4 Å². The van der Waals surface area contributed by atoms with Gasteiger partial charge in [0.2, 0.25) is 5.78 Å². The smallest absolute Gasteiger partial charge is 0.229 e. The van der Waals surface area contributed by atoms with Crippen molar-refractivity contribution in [2.24, 2.45) is 0 Å². The number of pyridine rings is 1. The molecule has 3 nitrogen and oxygen atoms in total. The predicted octanol–water partition coefficient (Wildman–Crippen LogP) is 2.47. The van der Waals surface area contributed by atoms with Gasteiger partial charge in [-0.25, -0.2) is 0 Å². The number of hydrogen-bond donors (Lipinski definition) is 0. The first-order valence-electron chi connectivity index (χ1n) is 4.84. The number of hydrogen-bond acceptors (Lipinski definition) is 3. The van der Waals surface area contributed by atoms with Crippen molar-refractivity contribution in [2.75, 3.05) is 0 Å². The van der Waals surface area contributed by atoms with Crippen LogP contribution in [0.4, 0.5) is 0 Å². The minimum Gasteiger partial charge on any atom is -0.458 e. The minimum atomic E-state index is -0.122. The maximum atomic E-state index is 11.8. The van der Waals surface area contributed by atoms with Gasteiger partial charge in [-0.2, -0.15) is 0 Å². The zero-order valence-electron chi connectivity index (χ0n) is 8.43. The van der Waals surface area contributed by atoms with Crippen LogP contribution in [-0.4, -0.2) is 10.8 Å². The van der Waals surface area contributed by atoms with Crippen molar-refractivity contribution in [1.82, 2.24) is 4.98 Å². The molecule has 0 aliphatic heterocycles. The zero-order chi connectivity index (χ0) is 10.7. The van der Waals surface area contributed by atoms with Crippen LogP contribution in [0.2, 0.25) is 0 Å². The molecule has 0 unspecified atom stereocenters. The van der Waals surface area contributed by atoms with E-state index in [1.807, 2.05) is 13.0 Å². The molecule has 0 atom stereocenters. The van der Waals surface area contributed by atoms with Crippen LogP contribution in [0.25, 0.3) is 0 Å². The fourth-order valence-electron chi connectivity index (χ4n) is 1.33. The molecule has 15 heavy (non-hydrogen) atoms. The van der Waals surface area contributed by atoms with E-state index >= 15 is 0 Å². The number of aryl methyl sites for hydroxylation is 1. The van der Waals surface area contributed by atoms with E-state index in [1.165, 1.54) is 6.20 Å². The monoisotopic (exact) mass is 201 g/mol. The SMILES string of the molecule is CCc1ccc(C(=O)c2cccnc2)o1. The van der Waals surface area contributed by atoms with Crippen molar-refractivity contribution in [3.8, 4) is 0 Å². The molecule has 0 spiro atoms. The summed E-state index contributed by atoms with van der Waals surface area (Å²) in [6.45, 7) is 1.98. The average Bonchev–Trinajstić information content (AvgIpc) is 2.78. The molecule has 0 fully saturated rings. The summed E-state index contributed by atoms with van der Waals surface area (Å²) in [6, 6.07) is 6.98. The summed E-state index contributed by atoms with van der Waals surface area (Å²) in [5, 5.41) is 0. The number of ketones is 1. The minimum absolute atomic E-state index is 0.122. The van der Waals surface area contributed by atoms with E-state index in [1.54, 1.807) is 24.4 Å². The molecule has 0 N–H and O–H groups in total. The maximum absolute atomic E-state index is 11.8. The van der Waals surface area contributed by atoms with Crippen LogP contribution in [0, 0.1) is 0 Å². The molecule has 0 bridgehead atoms. The number of furan rings is 1. The molecule has 0 aliphatic rings. The molecule has 2 rings (SSSR count). The molecule has 76 valence electrons. The lowest BCUT2D eigenvalue weighted by molar-refractivity contribution is 0.101. The molecule has 2 aromatic heterocycles. The molecular formula is C12H11NO2.